The molecule has 0 aliphatic rings. The molecular formula is C13H15N5O3S. The zero-order chi connectivity index (χ0) is 16.4. The second kappa shape index (κ2) is 5.98. The van der Waals surface area contributed by atoms with Gasteiger partial charge in [0.15, 0.2) is 5.11 Å². The molecule has 0 saturated carbocycles. The number of aromatic nitrogens is 2. The number of rotatable bonds is 3. The fourth-order valence-corrected chi connectivity index (χ4v) is 2.16. The number of nitrogens with one attached hydrogen (secondary N) is 1. The number of nitrogens with zero attached hydrogens (tertiary/aromatic N) is 3. The topological polar surface area (TPSA) is 114 Å². The minimum Gasteiger partial charge on any atom is -0.618 e. The lowest BCUT2D eigenvalue weighted by Crippen LogP contribution is -2.46. The Hall–Kier alpha value is -2.68. The minimum absolute atomic E-state index is 0.0353. The molecule has 8 nitrogen and oxygen atoms in total. The Labute approximate surface area is 132 Å². The summed E-state index contributed by atoms with van der Waals surface area (Å²) in [4.78, 5) is 0. The van der Waals surface area contributed by atoms with Crippen molar-refractivity contribution in [2.24, 2.45) is 10.8 Å². The molecule has 0 spiro atoms. The average Bonchev–Trinajstić information content (AvgIpc) is 2.50. The third-order valence-corrected chi connectivity index (χ3v) is 3.24. The third-order valence-electron chi connectivity index (χ3n) is 3.15. The van der Waals surface area contributed by atoms with E-state index < -0.39 is 0 Å². The Morgan fingerprint density at radius 3 is 2.59 bits per heavy atom. The Bertz CT molecular complexity index is 791. The van der Waals surface area contributed by atoms with Crippen LogP contribution in [0.15, 0.2) is 23.3 Å². The van der Waals surface area contributed by atoms with E-state index in [9.17, 15) is 10.4 Å². The number of hydrogen-bond acceptors (Lipinski definition) is 5. The summed E-state index contributed by atoms with van der Waals surface area (Å²) in [5, 5.41) is 28.8. The Morgan fingerprint density at radius 1 is 1.32 bits per heavy atom. The summed E-state index contributed by atoms with van der Waals surface area (Å²) in [6.07, 6.45) is 0. The average molecular weight is 321 g/mol. The molecule has 0 unspecified atom stereocenters. The van der Waals surface area contributed by atoms with Gasteiger partial charge in [0.2, 0.25) is 0 Å². The van der Waals surface area contributed by atoms with Gasteiger partial charge in [0, 0.05) is 13.0 Å². The molecule has 0 atom stereocenters. The number of fused-ring (bicyclic) bond motifs is 1. The van der Waals surface area contributed by atoms with Gasteiger partial charge in [-0.25, -0.2) is 0 Å². The standard InChI is InChI=1S/C13H15N5O3S/c1-7(15-16-13(14)22)12-8(2)17(19)10-5-4-9(21-3)6-11(10)18(12)20/h4-6H,1-3H3,(H3,14,16,22)/b15-7-. The van der Waals surface area contributed by atoms with E-state index in [0.29, 0.717) is 15.2 Å². The number of hydrogen-bond donors (Lipinski definition) is 2. The summed E-state index contributed by atoms with van der Waals surface area (Å²) in [7, 11) is 1.48. The molecule has 22 heavy (non-hydrogen) atoms. The largest absolute Gasteiger partial charge is 0.618 e. The van der Waals surface area contributed by atoms with Crippen LogP contribution in [0, 0.1) is 17.3 Å². The van der Waals surface area contributed by atoms with Crippen LogP contribution in [0.4, 0.5) is 0 Å². The van der Waals surface area contributed by atoms with Crippen LogP contribution in [0.2, 0.25) is 0 Å². The van der Waals surface area contributed by atoms with Gasteiger partial charge >= 0.3 is 5.69 Å². The Kier molecular flexibility index (Phi) is 4.27. The first-order valence-corrected chi connectivity index (χ1v) is 6.71. The SMILES string of the molecule is COc1ccc2c(c1)[n+]([O-])c(/C(C)=N\NC(N)=S)c(C)[n+]2[O-]. The molecular weight excluding hydrogens is 306 g/mol. The van der Waals surface area contributed by atoms with Crippen LogP contribution >= 0.6 is 12.2 Å². The van der Waals surface area contributed by atoms with Crippen molar-refractivity contribution < 1.29 is 14.2 Å². The van der Waals surface area contributed by atoms with Gasteiger partial charge in [-0.2, -0.15) is 14.6 Å². The molecule has 0 amide bonds. The van der Waals surface area contributed by atoms with Crippen LogP contribution in [0.5, 0.6) is 5.75 Å². The van der Waals surface area contributed by atoms with Crippen LogP contribution in [0.3, 0.4) is 0 Å². The number of thiocarbonyl (C=S) groups is 1. The van der Waals surface area contributed by atoms with Gasteiger partial charge < -0.3 is 20.9 Å². The van der Waals surface area contributed by atoms with E-state index in [-0.39, 0.29) is 33.2 Å². The number of benzene rings is 1. The lowest BCUT2D eigenvalue weighted by molar-refractivity contribution is -0.634. The molecule has 1 heterocycles. The summed E-state index contributed by atoms with van der Waals surface area (Å²) >= 11 is 4.66. The summed E-state index contributed by atoms with van der Waals surface area (Å²) in [5.41, 5.74) is 8.75. The summed E-state index contributed by atoms with van der Waals surface area (Å²) in [5.74, 6) is 0.475. The van der Waals surface area contributed by atoms with Crippen molar-refractivity contribution >= 4 is 34.1 Å². The van der Waals surface area contributed by atoms with Gasteiger partial charge in [-0.05, 0) is 25.2 Å². The molecule has 9 heteroatoms. The highest BCUT2D eigenvalue weighted by Gasteiger charge is 2.27. The molecule has 0 aliphatic heterocycles. The van der Waals surface area contributed by atoms with Crippen LogP contribution in [-0.2, 0) is 0 Å². The van der Waals surface area contributed by atoms with Crippen molar-refractivity contribution in [1.29, 1.82) is 0 Å². The van der Waals surface area contributed by atoms with E-state index in [1.807, 2.05) is 0 Å². The Balaban J connectivity index is 2.74. The molecule has 1 aromatic heterocycles. The van der Waals surface area contributed by atoms with E-state index in [1.165, 1.54) is 19.2 Å². The zero-order valence-corrected chi connectivity index (χ0v) is 13.1. The highest BCUT2D eigenvalue weighted by Crippen LogP contribution is 2.17. The number of hydrazone groups is 1. The van der Waals surface area contributed by atoms with Gasteiger partial charge in [0.25, 0.3) is 16.7 Å². The lowest BCUT2D eigenvalue weighted by Gasteiger charge is -2.11. The first-order valence-electron chi connectivity index (χ1n) is 6.30. The van der Waals surface area contributed by atoms with E-state index in [0.717, 1.165) is 0 Å². The highest BCUT2D eigenvalue weighted by atomic mass is 32.1. The van der Waals surface area contributed by atoms with Crippen molar-refractivity contribution in [3.8, 4) is 5.75 Å². The van der Waals surface area contributed by atoms with Gasteiger partial charge in [-0.15, -0.1) is 0 Å². The molecule has 0 saturated heterocycles. The van der Waals surface area contributed by atoms with Crippen molar-refractivity contribution in [2.45, 2.75) is 13.8 Å². The second-order valence-electron chi connectivity index (χ2n) is 4.55. The Morgan fingerprint density at radius 2 is 2.00 bits per heavy atom. The molecule has 3 N–H and O–H groups in total. The summed E-state index contributed by atoms with van der Waals surface area (Å²) in [6.45, 7) is 3.12. The van der Waals surface area contributed by atoms with Crippen LogP contribution < -0.4 is 25.4 Å². The molecule has 1 aromatic carbocycles. The third kappa shape index (κ3) is 2.70. The fraction of sp³-hybridized carbons (Fsp3) is 0.231. The molecule has 116 valence electrons. The van der Waals surface area contributed by atoms with Gasteiger partial charge in [0.1, 0.15) is 11.5 Å². The van der Waals surface area contributed by atoms with Gasteiger partial charge in [-0.1, -0.05) is 0 Å². The van der Waals surface area contributed by atoms with Crippen LogP contribution in [0.1, 0.15) is 18.3 Å². The van der Waals surface area contributed by atoms with Gasteiger partial charge in [-0.3, -0.25) is 5.43 Å². The molecule has 0 aliphatic carbocycles. The normalized spacial score (nSPS) is 11.5. The molecule has 0 bridgehead atoms. The molecule has 0 fully saturated rings. The number of methoxy groups -OCH3 is 1. The quantitative estimate of drug-likeness (QED) is 0.270. The smallest absolute Gasteiger partial charge is 0.308 e. The molecule has 0 radical (unpaired) electrons. The lowest BCUT2D eigenvalue weighted by atomic mass is 10.2. The first-order chi connectivity index (χ1) is 10.4. The number of nitrogens with two attached hydrogens (primary N) is 1. The van der Waals surface area contributed by atoms with E-state index >= 15 is 0 Å². The minimum atomic E-state index is -0.0353. The van der Waals surface area contributed by atoms with Crippen LogP contribution in [-0.4, -0.2) is 17.9 Å². The number of ether oxygens (including phenoxy) is 1. The molecule has 2 rings (SSSR count). The second-order valence-corrected chi connectivity index (χ2v) is 4.99. The predicted molar refractivity (Wildman–Crippen MR) is 85.3 cm³/mol. The maximum absolute atomic E-state index is 12.6. The highest BCUT2D eigenvalue weighted by molar-refractivity contribution is 7.80. The fourth-order valence-electron chi connectivity index (χ4n) is 2.11. The van der Waals surface area contributed by atoms with Crippen molar-refractivity contribution in [1.82, 2.24) is 5.43 Å². The van der Waals surface area contributed by atoms with E-state index in [2.05, 4.69) is 22.7 Å². The van der Waals surface area contributed by atoms with E-state index in [1.54, 1.807) is 19.9 Å². The summed E-state index contributed by atoms with van der Waals surface area (Å²) in [6, 6.07) is 4.64. The first kappa shape index (κ1) is 15.7. The van der Waals surface area contributed by atoms with Crippen molar-refractivity contribution in [3.05, 3.63) is 40.0 Å². The van der Waals surface area contributed by atoms with Crippen molar-refractivity contribution in [2.75, 3.05) is 7.11 Å². The van der Waals surface area contributed by atoms with Crippen LogP contribution in [0.25, 0.3) is 11.0 Å². The maximum atomic E-state index is 12.6. The van der Waals surface area contributed by atoms with E-state index in [4.69, 9.17) is 10.5 Å². The summed E-state index contributed by atoms with van der Waals surface area (Å²) < 4.78 is 6.41. The predicted octanol–water partition coefficient (Wildman–Crippen LogP) is -0.0192. The maximum Gasteiger partial charge on any atom is 0.308 e. The van der Waals surface area contributed by atoms with Crippen molar-refractivity contribution in [3.63, 3.8) is 0 Å². The molecule has 2 aromatic rings. The zero-order valence-electron chi connectivity index (χ0n) is 12.3. The monoisotopic (exact) mass is 321 g/mol. The van der Waals surface area contributed by atoms with Gasteiger partial charge in [0.05, 0.1) is 13.2 Å².